The second-order valence-corrected chi connectivity index (χ2v) is 4.49. The van der Waals surface area contributed by atoms with Crippen LogP contribution in [0.3, 0.4) is 0 Å². The molecule has 0 aliphatic carbocycles. The molecular weight excluding hydrogens is 246 g/mol. The summed E-state index contributed by atoms with van der Waals surface area (Å²) < 4.78 is 0. The first-order chi connectivity index (χ1) is 8.70. The molecule has 0 radical (unpaired) electrons. The van der Waals surface area contributed by atoms with Crippen LogP contribution in [0.1, 0.15) is 11.1 Å². The van der Waals surface area contributed by atoms with E-state index in [1.807, 2.05) is 30.3 Å². The monoisotopic (exact) mass is 257 g/mol. The van der Waals surface area contributed by atoms with Crippen molar-refractivity contribution < 1.29 is 0 Å². The average Bonchev–Trinajstić information content (AvgIpc) is 2.36. The predicted octanol–water partition coefficient (Wildman–Crippen LogP) is 5.13. The van der Waals surface area contributed by atoms with Crippen LogP contribution >= 0.6 is 11.6 Å². The Balaban J connectivity index is 2.48. The Morgan fingerprint density at radius 2 is 2.00 bits per heavy atom. The lowest BCUT2D eigenvalue weighted by atomic mass is 9.99. The Labute approximate surface area is 111 Å². The highest BCUT2D eigenvalue weighted by atomic mass is 35.5. The molecule has 0 spiro atoms. The Bertz CT molecular complexity index is 616. The van der Waals surface area contributed by atoms with Gasteiger partial charge in [-0.1, -0.05) is 47.0 Å². The van der Waals surface area contributed by atoms with Crippen molar-refractivity contribution >= 4 is 11.6 Å². The number of azide groups is 1. The minimum atomic E-state index is 0.315. The highest BCUT2D eigenvalue weighted by Gasteiger charge is 2.04. The van der Waals surface area contributed by atoms with Crippen LogP contribution in [0, 0.1) is 6.92 Å². The number of hydrogen-bond donors (Lipinski definition) is 0. The van der Waals surface area contributed by atoms with Gasteiger partial charge in [-0.15, -0.1) is 0 Å². The van der Waals surface area contributed by atoms with E-state index in [0.29, 0.717) is 11.6 Å². The molecule has 2 aromatic carbocycles. The Morgan fingerprint density at radius 3 is 2.72 bits per heavy atom. The number of rotatable bonds is 3. The molecule has 0 unspecified atom stereocenters. The molecule has 0 saturated heterocycles. The summed E-state index contributed by atoms with van der Waals surface area (Å²) in [6.45, 7) is 2.37. The molecule has 2 aromatic rings. The molecule has 18 heavy (non-hydrogen) atoms. The van der Waals surface area contributed by atoms with Crippen LogP contribution in [-0.2, 0) is 6.54 Å². The van der Waals surface area contributed by atoms with Crippen LogP contribution in [-0.4, -0.2) is 0 Å². The molecule has 0 atom stereocenters. The van der Waals surface area contributed by atoms with E-state index >= 15 is 0 Å². The summed E-state index contributed by atoms with van der Waals surface area (Å²) in [4.78, 5) is 2.76. The van der Waals surface area contributed by atoms with Gasteiger partial charge in [0, 0.05) is 9.93 Å². The summed E-state index contributed by atoms with van der Waals surface area (Å²) in [7, 11) is 0. The van der Waals surface area contributed by atoms with Gasteiger partial charge >= 0.3 is 0 Å². The van der Waals surface area contributed by atoms with Gasteiger partial charge in [0.1, 0.15) is 0 Å². The van der Waals surface area contributed by atoms with E-state index in [1.54, 1.807) is 0 Å². The third-order valence-electron chi connectivity index (χ3n) is 2.73. The lowest BCUT2D eigenvalue weighted by Gasteiger charge is -2.08. The van der Waals surface area contributed by atoms with Crippen LogP contribution in [0.4, 0.5) is 0 Å². The molecule has 0 aliphatic rings. The first-order valence-corrected chi connectivity index (χ1v) is 5.95. The SMILES string of the molecule is Cc1ccccc1-c1cc(Cl)cc(CN=[N+]=[N-])c1. The van der Waals surface area contributed by atoms with E-state index < -0.39 is 0 Å². The number of benzene rings is 2. The molecule has 4 heteroatoms. The maximum Gasteiger partial charge on any atom is 0.0511 e. The first-order valence-electron chi connectivity index (χ1n) is 5.57. The lowest BCUT2D eigenvalue weighted by Crippen LogP contribution is -1.86. The van der Waals surface area contributed by atoms with Crippen molar-refractivity contribution in [2.24, 2.45) is 5.11 Å². The topological polar surface area (TPSA) is 48.8 Å². The largest absolute Gasteiger partial charge is 0.0893 e. The van der Waals surface area contributed by atoms with Gasteiger partial charge in [-0.25, -0.2) is 0 Å². The summed E-state index contributed by atoms with van der Waals surface area (Å²) >= 11 is 6.10. The van der Waals surface area contributed by atoms with Gasteiger partial charge in [-0.2, -0.15) is 0 Å². The van der Waals surface area contributed by atoms with Gasteiger partial charge in [0.05, 0.1) is 6.54 Å². The summed E-state index contributed by atoms with van der Waals surface area (Å²) in [5, 5.41) is 4.21. The molecule has 3 nitrogen and oxygen atoms in total. The first kappa shape index (κ1) is 12.5. The quantitative estimate of drug-likeness (QED) is 0.416. The van der Waals surface area contributed by atoms with Gasteiger partial charge < -0.3 is 0 Å². The second kappa shape index (κ2) is 5.58. The third-order valence-corrected chi connectivity index (χ3v) is 2.95. The van der Waals surface area contributed by atoms with E-state index in [2.05, 4.69) is 29.1 Å². The van der Waals surface area contributed by atoms with E-state index in [1.165, 1.54) is 5.56 Å². The summed E-state index contributed by atoms with van der Waals surface area (Å²) in [5.74, 6) is 0. The number of nitrogens with zero attached hydrogens (tertiary/aromatic N) is 3. The van der Waals surface area contributed by atoms with Gasteiger partial charge in [-0.05, 0) is 46.8 Å². The van der Waals surface area contributed by atoms with Crippen molar-refractivity contribution in [3.05, 3.63) is 69.1 Å². The van der Waals surface area contributed by atoms with Gasteiger partial charge in [0.25, 0.3) is 0 Å². The second-order valence-electron chi connectivity index (χ2n) is 4.05. The number of halogens is 1. The third kappa shape index (κ3) is 2.83. The molecular formula is C14H12ClN3. The average molecular weight is 258 g/mol. The molecule has 0 heterocycles. The van der Waals surface area contributed by atoms with Crippen LogP contribution in [0.15, 0.2) is 47.6 Å². The molecule has 0 saturated carbocycles. The fourth-order valence-corrected chi connectivity index (χ4v) is 2.16. The molecule has 0 aliphatic heterocycles. The normalized spacial score (nSPS) is 9.89. The van der Waals surface area contributed by atoms with Crippen molar-refractivity contribution in [1.82, 2.24) is 0 Å². The number of aryl methyl sites for hydroxylation is 1. The maximum absolute atomic E-state index is 8.35. The van der Waals surface area contributed by atoms with E-state index in [9.17, 15) is 0 Å². The van der Waals surface area contributed by atoms with Crippen molar-refractivity contribution in [1.29, 1.82) is 0 Å². The highest BCUT2D eigenvalue weighted by molar-refractivity contribution is 6.31. The summed E-state index contributed by atoms with van der Waals surface area (Å²) in [5.41, 5.74) is 12.6. The van der Waals surface area contributed by atoms with Crippen LogP contribution in [0.5, 0.6) is 0 Å². The van der Waals surface area contributed by atoms with Gasteiger partial charge in [-0.3, -0.25) is 0 Å². The van der Waals surface area contributed by atoms with Crippen LogP contribution in [0.2, 0.25) is 5.02 Å². The fourth-order valence-electron chi connectivity index (χ4n) is 1.91. The molecule has 0 N–H and O–H groups in total. The van der Waals surface area contributed by atoms with Crippen LogP contribution < -0.4 is 0 Å². The minimum Gasteiger partial charge on any atom is -0.0893 e. The van der Waals surface area contributed by atoms with Gasteiger partial charge in [0.15, 0.2) is 0 Å². The molecule has 90 valence electrons. The fraction of sp³-hybridized carbons (Fsp3) is 0.143. The summed E-state index contributed by atoms with van der Waals surface area (Å²) in [6, 6.07) is 13.9. The predicted molar refractivity (Wildman–Crippen MR) is 74.5 cm³/mol. The molecule has 0 fully saturated rings. The van der Waals surface area contributed by atoms with E-state index in [-0.39, 0.29) is 0 Å². The zero-order valence-electron chi connectivity index (χ0n) is 9.97. The van der Waals surface area contributed by atoms with E-state index in [0.717, 1.165) is 16.7 Å². The maximum atomic E-state index is 8.35. The zero-order valence-corrected chi connectivity index (χ0v) is 10.7. The molecule has 0 aromatic heterocycles. The zero-order chi connectivity index (χ0) is 13.0. The lowest BCUT2D eigenvalue weighted by molar-refractivity contribution is 1.05. The van der Waals surface area contributed by atoms with Crippen molar-refractivity contribution in [3.63, 3.8) is 0 Å². The van der Waals surface area contributed by atoms with Crippen molar-refractivity contribution in [3.8, 4) is 11.1 Å². The van der Waals surface area contributed by atoms with Gasteiger partial charge in [0.2, 0.25) is 0 Å². The van der Waals surface area contributed by atoms with Crippen molar-refractivity contribution in [2.45, 2.75) is 13.5 Å². The highest BCUT2D eigenvalue weighted by Crippen LogP contribution is 2.27. The number of hydrogen-bond acceptors (Lipinski definition) is 1. The van der Waals surface area contributed by atoms with Crippen molar-refractivity contribution in [2.75, 3.05) is 0 Å². The van der Waals surface area contributed by atoms with E-state index in [4.69, 9.17) is 17.1 Å². The standard InChI is InChI=1S/C14H12ClN3/c1-10-4-2-3-5-14(10)12-6-11(9-17-18-16)7-13(15)8-12/h2-8H,9H2,1H3. The summed E-state index contributed by atoms with van der Waals surface area (Å²) in [6.07, 6.45) is 0. The van der Waals surface area contributed by atoms with Crippen LogP contribution in [0.25, 0.3) is 21.6 Å². The Hall–Kier alpha value is -1.96. The Kier molecular flexibility index (Phi) is 3.88. The minimum absolute atomic E-state index is 0.315. The Morgan fingerprint density at radius 1 is 1.22 bits per heavy atom. The molecule has 2 rings (SSSR count). The molecule has 0 amide bonds. The molecule has 0 bridgehead atoms. The smallest absolute Gasteiger partial charge is 0.0511 e.